The fraction of sp³-hybridized carbons (Fsp3) is 0.286. The molecule has 0 bridgehead atoms. The molecule has 0 amide bonds. The molecular weight excluding hydrogens is 336 g/mol. The Morgan fingerprint density at radius 1 is 0.444 bits per heavy atom. The van der Waals surface area contributed by atoms with Crippen molar-refractivity contribution in [1.29, 1.82) is 0 Å². The molecule has 144 valence electrons. The third kappa shape index (κ3) is 6.58. The van der Waals surface area contributed by atoms with Crippen LogP contribution < -0.4 is 14.7 Å². The first-order valence-electron chi connectivity index (χ1n) is 8.81. The van der Waals surface area contributed by atoms with Gasteiger partial charge in [-0.3, -0.25) is 0 Å². The summed E-state index contributed by atoms with van der Waals surface area (Å²) in [4.78, 5) is 20.0. The lowest BCUT2D eigenvalue weighted by molar-refractivity contribution is 0.802. The Balaban J connectivity index is 3.50. The van der Waals surface area contributed by atoms with Gasteiger partial charge in [-0.05, 0) is 0 Å². The minimum absolute atomic E-state index is 0.561. The zero-order chi connectivity index (χ0) is 20.1. The molecule has 27 heavy (non-hydrogen) atoms. The SMILES string of the molecule is C=CCN(CC=C)c1nc(N(CC=C)CC=C)nc(N(CC=C)CC=C)n1. The first-order chi connectivity index (χ1) is 13.1. The maximum absolute atomic E-state index is 4.67. The van der Waals surface area contributed by atoms with Crippen LogP contribution in [0.2, 0.25) is 0 Å². The standard InChI is InChI=1S/C21H30N6/c1-7-13-25(14-8-2)19-22-20(26(15-9-3)16-10-4)24-21(23-19)27(17-11-5)18-12-6/h7-12H,1-6,13-18H2. The van der Waals surface area contributed by atoms with Crippen LogP contribution in [0.1, 0.15) is 0 Å². The van der Waals surface area contributed by atoms with Crippen molar-refractivity contribution in [3.63, 3.8) is 0 Å². The van der Waals surface area contributed by atoms with Crippen molar-refractivity contribution in [2.75, 3.05) is 54.0 Å². The van der Waals surface area contributed by atoms with Gasteiger partial charge in [0.15, 0.2) is 0 Å². The second-order valence-corrected chi connectivity index (χ2v) is 5.68. The maximum Gasteiger partial charge on any atom is 0.232 e. The molecule has 0 spiro atoms. The van der Waals surface area contributed by atoms with Crippen LogP contribution >= 0.6 is 0 Å². The molecule has 6 heteroatoms. The van der Waals surface area contributed by atoms with E-state index in [1.807, 2.05) is 51.2 Å². The molecule has 0 radical (unpaired) electrons. The van der Waals surface area contributed by atoms with Crippen molar-refractivity contribution in [3.8, 4) is 0 Å². The summed E-state index contributed by atoms with van der Waals surface area (Å²) in [6, 6.07) is 0. The number of hydrogen-bond acceptors (Lipinski definition) is 6. The predicted octanol–water partition coefficient (Wildman–Crippen LogP) is 3.41. The second-order valence-electron chi connectivity index (χ2n) is 5.68. The largest absolute Gasteiger partial charge is 0.333 e. The van der Waals surface area contributed by atoms with Crippen LogP contribution in [0.5, 0.6) is 0 Å². The van der Waals surface area contributed by atoms with Gasteiger partial charge in [-0.25, -0.2) is 0 Å². The zero-order valence-electron chi connectivity index (χ0n) is 16.1. The van der Waals surface area contributed by atoms with Crippen molar-refractivity contribution >= 4 is 17.8 Å². The Kier molecular flexibility index (Phi) is 9.93. The van der Waals surface area contributed by atoms with E-state index < -0.39 is 0 Å². The molecule has 1 aromatic heterocycles. The maximum atomic E-state index is 4.67. The van der Waals surface area contributed by atoms with Crippen LogP contribution in [0, 0.1) is 0 Å². The molecule has 0 unspecified atom stereocenters. The van der Waals surface area contributed by atoms with E-state index in [9.17, 15) is 0 Å². The summed E-state index contributed by atoms with van der Waals surface area (Å²) in [7, 11) is 0. The minimum Gasteiger partial charge on any atom is -0.333 e. The molecule has 0 aliphatic rings. The Hall–Kier alpha value is -3.15. The molecule has 0 saturated carbocycles. The Labute approximate surface area is 163 Å². The van der Waals surface area contributed by atoms with Crippen molar-refractivity contribution in [1.82, 2.24) is 15.0 Å². The van der Waals surface area contributed by atoms with Crippen LogP contribution in [-0.2, 0) is 0 Å². The number of nitrogens with zero attached hydrogens (tertiary/aromatic N) is 6. The first kappa shape index (κ1) is 21.9. The minimum atomic E-state index is 0.561. The van der Waals surface area contributed by atoms with Gasteiger partial charge in [0.25, 0.3) is 0 Å². The zero-order valence-corrected chi connectivity index (χ0v) is 16.1. The molecule has 1 rings (SSSR count). The Bertz CT molecular complexity index is 534. The van der Waals surface area contributed by atoms with Gasteiger partial charge in [0.1, 0.15) is 0 Å². The summed E-state index contributed by atoms with van der Waals surface area (Å²) < 4.78 is 0. The monoisotopic (exact) mass is 366 g/mol. The van der Waals surface area contributed by atoms with Gasteiger partial charge in [0, 0.05) is 39.3 Å². The normalized spacial score (nSPS) is 9.78. The molecule has 0 fully saturated rings. The van der Waals surface area contributed by atoms with Crippen LogP contribution in [0.25, 0.3) is 0 Å². The van der Waals surface area contributed by atoms with Crippen LogP contribution in [0.3, 0.4) is 0 Å². The van der Waals surface area contributed by atoms with E-state index in [0.717, 1.165) is 0 Å². The fourth-order valence-corrected chi connectivity index (χ4v) is 2.42. The van der Waals surface area contributed by atoms with Gasteiger partial charge in [-0.1, -0.05) is 36.5 Å². The molecule has 0 aliphatic carbocycles. The molecule has 0 aromatic carbocycles. The quantitative estimate of drug-likeness (QED) is 0.443. The highest BCUT2D eigenvalue weighted by atomic mass is 15.4. The first-order valence-corrected chi connectivity index (χ1v) is 8.81. The average Bonchev–Trinajstić information content (AvgIpc) is 2.67. The molecule has 0 saturated heterocycles. The summed E-state index contributed by atoms with van der Waals surface area (Å²) in [5.74, 6) is 1.68. The highest BCUT2D eigenvalue weighted by Crippen LogP contribution is 2.19. The van der Waals surface area contributed by atoms with Crippen molar-refractivity contribution in [2.24, 2.45) is 0 Å². The lowest BCUT2D eigenvalue weighted by atomic mass is 10.4. The van der Waals surface area contributed by atoms with E-state index in [-0.39, 0.29) is 0 Å². The van der Waals surface area contributed by atoms with Gasteiger partial charge in [-0.15, -0.1) is 39.5 Å². The number of anilines is 3. The van der Waals surface area contributed by atoms with E-state index in [1.165, 1.54) is 0 Å². The molecule has 1 heterocycles. The molecular formula is C21H30N6. The van der Waals surface area contributed by atoms with Crippen molar-refractivity contribution in [2.45, 2.75) is 0 Å². The average molecular weight is 367 g/mol. The van der Waals surface area contributed by atoms with Gasteiger partial charge in [0.2, 0.25) is 17.8 Å². The lowest BCUT2D eigenvalue weighted by Crippen LogP contribution is -2.32. The van der Waals surface area contributed by atoms with Gasteiger partial charge >= 0.3 is 0 Å². The van der Waals surface area contributed by atoms with E-state index in [2.05, 4.69) is 54.4 Å². The van der Waals surface area contributed by atoms with Gasteiger partial charge in [-0.2, -0.15) is 15.0 Å². The van der Waals surface area contributed by atoms with Gasteiger partial charge < -0.3 is 14.7 Å². The highest BCUT2D eigenvalue weighted by molar-refractivity contribution is 5.48. The highest BCUT2D eigenvalue weighted by Gasteiger charge is 2.18. The molecule has 0 atom stereocenters. The Morgan fingerprint density at radius 2 is 0.630 bits per heavy atom. The summed E-state index contributed by atoms with van der Waals surface area (Å²) in [6.07, 6.45) is 10.9. The Morgan fingerprint density at radius 3 is 0.778 bits per heavy atom. The summed E-state index contributed by atoms with van der Waals surface area (Å²) in [5.41, 5.74) is 0. The number of hydrogen-bond donors (Lipinski definition) is 0. The van der Waals surface area contributed by atoms with E-state index >= 15 is 0 Å². The summed E-state index contributed by atoms with van der Waals surface area (Å²) in [5, 5.41) is 0. The van der Waals surface area contributed by atoms with Crippen LogP contribution in [-0.4, -0.2) is 54.2 Å². The summed E-state index contributed by atoms with van der Waals surface area (Å²) in [6.45, 7) is 26.5. The molecule has 1 aromatic rings. The second kappa shape index (κ2) is 12.2. The lowest BCUT2D eigenvalue weighted by Gasteiger charge is -2.26. The van der Waals surface area contributed by atoms with Crippen molar-refractivity contribution in [3.05, 3.63) is 75.9 Å². The predicted molar refractivity (Wildman–Crippen MR) is 118 cm³/mol. The van der Waals surface area contributed by atoms with Crippen molar-refractivity contribution < 1.29 is 0 Å². The topological polar surface area (TPSA) is 48.4 Å². The number of aromatic nitrogens is 3. The fourth-order valence-electron chi connectivity index (χ4n) is 2.42. The number of rotatable bonds is 15. The molecule has 6 nitrogen and oxygen atoms in total. The van der Waals surface area contributed by atoms with Gasteiger partial charge in [0.05, 0.1) is 0 Å². The van der Waals surface area contributed by atoms with E-state index in [1.54, 1.807) is 0 Å². The molecule has 0 aliphatic heterocycles. The third-order valence-electron chi connectivity index (χ3n) is 3.55. The molecule has 0 N–H and O–H groups in total. The summed E-state index contributed by atoms with van der Waals surface area (Å²) >= 11 is 0. The van der Waals surface area contributed by atoms with E-state index in [4.69, 9.17) is 0 Å². The van der Waals surface area contributed by atoms with Crippen LogP contribution in [0.15, 0.2) is 75.9 Å². The third-order valence-corrected chi connectivity index (χ3v) is 3.55. The smallest absolute Gasteiger partial charge is 0.232 e. The van der Waals surface area contributed by atoms with E-state index in [0.29, 0.717) is 57.1 Å². The van der Waals surface area contributed by atoms with Crippen LogP contribution in [0.4, 0.5) is 17.8 Å².